The van der Waals surface area contributed by atoms with Gasteiger partial charge < -0.3 is 10.6 Å². The van der Waals surface area contributed by atoms with Crippen LogP contribution in [0.15, 0.2) is 59.5 Å². The Bertz CT molecular complexity index is 1450. The Morgan fingerprint density at radius 1 is 1.03 bits per heavy atom. The van der Waals surface area contributed by atoms with Gasteiger partial charge in [-0.1, -0.05) is 35.9 Å². The molecule has 0 aromatic heterocycles. The predicted octanol–water partition coefficient (Wildman–Crippen LogP) is 4.11. The first kappa shape index (κ1) is 25.3. The third-order valence-electron chi connectivity index (χ3n) is 5.98. The molecular weight excluding hydrogens is 488 g/mol. The van der Waals surface area contributed by atoms with E-state index >= 15 is 0 Å². The fourth-order valence-corrected chi connectivity index (χ4v) is 6.56. The number of benzene rings is 3. The average molecular weight is 514 g/mol. The third kappa shape index (κ3) is 4.81. The van der Waals surface area contributed by atoms with Crippen molar-refractivity contribution in [2.75, 3.05) is 9.62 Å². The van der Waals surface area contributed by atoms with Crippen molar-refractivity contribution in [2.24, 2.45) is 0 Å². The van der Waals surface area contributed by atoms with Gasteiger partial charge in [0.05, 0.1) is 22.7 Å². The Hall–Kier alpha value is -3.79. The highest BCUT2D eigenvalue weighted by molar-refractivity contribution is 7.93. The number of carbonyl (C=O) groups is 2. The second-order valence-corrected chi connectivity index (χ2v) is 10.5. The number of aryl methyl sites for hydroxylation is 3. The van der Waals surface area contributed by atoms with Crippen LogP contribution in [-0.4, -0.2) is 26.3 Å². The molecule has 3 aromatic carbocycles. The van der Waals surface area contributed by atoms with Crippen LogP contribution in [0.3, 0.4) is 0 Å². The molecular formula is C26H25F2N3O4S. The van der Waals surface area contributed by atoms with Crippen LogP contribution >= 0.6 is 0 Å². The maximum Gasteiger partial charge on any atom is 0.265 e. The van der Waals surface area contributed by atoms with E-state index in [9.17, 15) is 26.8 Å². The fraction of sp³-hybridized carbons (Fsp3) is 0.231. The van der Waals surface area contributed by atoms with Gasteiger partial charge in [0.2, 0.25) is 11.8 Å². The molecule has 4 rings (SSSR count). The van der Waals surface area contributed by atoms with Crippen molar-refractivity contribution in [3.8, 4) is 0 Å². The van der Waals surface area contributed by atoms with Gasteiger partial charge in [-0.3, -0.25) is 13.9 Å². The molecule has 1 aliphatic rings. The monoisotopic (exact) mass is 513 g/mol. The Balaban J connectivity index is 1.69. The quantitative estimate of drug-likeness (QED) is 0.519. The number of halogens is 2. The molecule has 3 aromatic rings. The number of carbonyl (C=O) groups excluding carboxylic acids is 2. The van der Waals surface area contributed by atoms with Crippen molar-refractivity contribution in [3.05, 3.63) is 88.5 Å². The molecule has 1 heterocycles. The summed E-state index contributed by atoms with van der Waals surface area (Å²) in [6.07, 6.45) is -0.508. The van der Waals surface area contributed by atoms with Crippen LogP contribution in [0.2, 0.25) is 0 Å². The molecule has 2 N–H and O–H groups in total. The lowest BCUT2D eigenvalue weighted by Gasteiger charge is -2.37. The maximum atomic E-state index is 14.0. The topological polar surface area (TPSA) is 95.6 Å². The number of para-hydroxylation sites is 2. The standard InChI is InChI=1S/C26H25F2N3O4S/c1-15-10-16(2)25(17(3)11-15)36(34,35)31-22-7-5-4-6-21(22)30-26(33)23(31)13-24(32)29-14-18-8-9-19(27)12-20(18)28/h4-12,23H,13-14H2,1-3H3,(H,29,32)(H,30,33). The lowest BCUT2D eigenvalue weighted by molar-refractivity contribution is -0.125. The van der Waals surface area contributed by atoms with E-state index in [0.717, 1.165) is 15.9 Å². The summed E-state index contributed by atoms with van der Waals surface area (Å²) < 4.78 is 56.2. The van der Waals surface area contributed by atoms with Gasteiger partial charge in [0, 0.05) is 18.2 Å². The summed E-state index contributed by atoms with van der Waals surface area (Å²) in [5.41, 5.74) is 2.53. The minimum atomic E-state index is -4.27. The van der Waals surface area contributed by atoms with E-state index in [-0.39, 0.29) is 22.7 Å². The molecule has 0 bridgehead atoms. The number of nitrogens with zero attached hydrogens (tertiary/aromatic N) is 1. The molecule has 1 atom stereocenters. The largest absolute Gasteiger partial charge is 0.352 e. The first-order valence-corrected chi connectivity index (χ1v) is 12.7. The molecule has 7 nitrogen and oxygen atoms in total. The highest BCUT2D eigenvalue weighted by Gasteiger charge is 2.42. The van der Waals surface area contributed by atoms with Crippen molar-refractivity contribution in [1.82, 2.24) is 5.32 Å². The lowest BCUT2D eigenvalue weighted by atomic mass is 10.1. The van der Waals surface area contributed by atoms with Crippen LogP contribution < -0.4 is 14.9 Å². The number of rotatable bonds is 6. The zero-order valence-electron chi connectivity index (χ0n) is 19.9. The van der Waals surface area contributed by atoms with Gasteiger partial charge in [-0.25, -0.2) is 17.2 Å². The summed E-state index contributed by atoms with van der Waals surface area (Å²) in [6.45, 7) is 4.97. The van der Waals surface area contributed by atoms with Crippen molar-refractivity contribution < 1.29 is 26.8 Å². The lowest BCUT2D eigenvalue weighted by Crippen LogP contribution is -2.53. The molecule has 0 spiro atoms. The number of fused-ring (bicyclic) bond motifs is 1. The van der Waals surface area contributed by atoms with E-state index in [2.05, 4.69) is 10.6 Å². The number of anilines is 2. The summed E-state index contributed by atoms with van der Waals surface area (Å²) >= 11 is 0. The predicted molar refractivity (Wildman–Crippen MR) is 132 cm³/mol. The van der Waals surface area contributed by atoms with Crippen molar-refractivity contribution >= 4 is 33.2 Å². The Kier molecular flexibility index (Phi) is 6.81. The second kappa shape index (κ2) is 9.69. The number of nitrogens with one attached hydrogen (secondary N) is 2. The van der Waals surface area contributed by atoms with Crippen LogP contribution in [-0.2, 0) is 26.2 Å². The summed E-state index contributed by atoms with van der Waals surface area (Å²) in [7, 11) is -4.27. The van der Waals surface area contributed by atoms with Gasteiger partial charge in [-0.05, 0) is 50.1 Å². The van der Waals surface area contributed by atoms with Crippen molar-refractivity contribution in [1.29, 1.82) is 0 Å². The fourth-order valence-electron chi connectivity index (χ4n) is 4.51. The van der Waals surface area contributed by atoms with Gasteiger partial charge >= 0.3 is 0 Å². The molecule has 36 heavy (non-hydrogen) atoms. The zero-order chi connectivity index (χ0) is 26.2. The third-order valence-corrected chi connectivity index (χ3v) is 8.11. The van der Waals surface area contributed by atoms with E-state index < -0.39 is 45.9 Å². The molecule has 2 amide bonds. The molecule has 1 aliphatic heterocycles. The van der Waals surface area contributed by atoms with Crippen LogP contribution in [0.1, 0.15) is 28.7 Å². The molecule has 188 valence electrons. The molecule has 0 fully saturated rings. The van der Waals surface area contributed by atoms with Gasteiger partial charge in [-0.15, -0.1) is 0 Å². The Labute approximate surface area is 208 Å². The van der Waals surface area contributed by atoms with Gasteiger partial charge in [-0.2, -0.15) is 0 Å². The van der Waals surface area contributed by atoms with Crippen molar-refractivity contribution in [2.45, 2.75) is 44.7 Å². The normalized spacial score (nSPS) is 15.3. The van der Waals surface area contributed by atoms with Crippen LogP contribution in [0.5, 0.6) is 0 Å². The molecule has 1 unspecified atom stereocenters. The number of amides is 2. The van der Waals surface area contributed by atoms with Crippen LogP contribution in [0.4, 0.5) is 20.2 Å². The minimum absolute atomic E-state index is 0.0542. The van der Waals surface area contributed by atoms with E-state index in [1.54, 1.807) is 50.2 Å². The molecule has 0 saturated heterocycles. The minimum Gasteiger partial charge on any atom is -0.352 e. The smallest absolute Gasteiger partial charge is 0.265 e. The van der Waals surface area contributed by atoms with E-state index in [4.69, 9.17) is 0 Å². The Morgan fingerprint density at radius 3 is 2.36 bits per heavy atom. The number of hydrogen-bond donors (Lipinski definition) is 2. The number of hydrogen-bond acceptors (Lipinski definition) is 4. The van der Waals surface area contributed by atoms with Crippen molar-refractivity contribution in [3.63, 3.8) is 0 Å². The average Bonchev–Trinajstić information content (AvgIpc) is 2.77. The van der Waals surface area contributed by atoms with E-state index in [0.29, 0.717) is 22.9 Å². The van der Waals surface area contributed by atoms with Gasteiger partial charge in [0.1, 0.15) is 17.7 Å². The Morgan fingerprint density at radius 2 is 1.69 bits per heavy atom. The first-order valence-electron chi connectivity index (χ1n) is 11.2. The van der Waals surface area contributed by atoms with E-state index in [1.165, 1.54) is 6.07 Å². The zero-order valence-corrected chi connectivity index (χ0v) is 20.7. The molecule has 0 radical (unpaired) electrons. The first-order chi connectivity index (χ1) is 17.0. The second-order valence-electron chi connectivity index (χ2n) is 8.77. The summed E-state index contributed by atoms with van der Waals surface area (Å²) in [6, 6.07) is 11.5. The molecule has 0 saturated carbocycles. The summed E-state index contributed by atoms with van der Waals surface area (Å²) in [4.78, 5) is 25.9. The molecule has 0 aliphatic carbocycles. The highest BCUT2D eigenvalue weighted by Crippen LogP contribution is 2.38. The SMILES string of the molecule is Cc1cc(C)c(S(=O)(=O)N2c3ccccc3NC(=O)C2CC(=O)NCc2ccc(F)cc2F)c(C)c1. The summed E-state index contributed by atoms with van der Waals surface area (Å²) in [5, 5.41) is 5.16. The van der Waals surface area contributed by atoms with Crippen LogP contribution in [0.25, 0.3) is 0 Å². The van der Waals surface area contributed by atoms with Gasteiger partial charge in [0.25, 0.3) is 10.0 Å². The maximum absolute atomic E-state index is 14.0. The number of sulfonamides is 1. The molecule has 10 heteroatoms. The summed E-state index contributed by atoms with van der Waals surface area (Å²) in [5.74, 6) is -2.91. The van der Waals surface area contributed by atoms with Gasteiger partial charge in [0.15, 0.2) is 0 Å². The van der Waals surface area contributed by atoms with Crippen LogP contribution in [0, 0.1) is 32.4 Å². The van der Waals surface area contributed by atoms with E-state index in [1.807, 2.05) is 6.92 Å². The highest BCUT2D eigenvalue weighted by atomic mass is 32.2.